The van der Waals surface area contributed by atoms with E-state index in [4.69, 9.17) is 9.79 Å². The molecule has 0 atom stereocenters. The van der Waals surface area contributed by atoms with E-state index >= 15 is 0 Å². The fraction of sp³-hybridized carbons (Fsp3) is 1.00. The summed E-state index contributed by atoms with van der Waals surface area (Å²) < 4.78 is 14.1. The maximum absolute atomic E-state index is 9.98. The van der Waals surface area contributed by atoms with E-state index in [1.807, 2.05) is 6.92 Å². The predicted molar refractivity (Wildman–Crippen MR) is 57.1 cm³/mol. The van der Waals surface area contributed by atoms with Crippen molar-refractivity contribution in [3.63, 3.8) is 0 Å². The molecule has 0 aromatic heterocycles. The molecule has 0 aliphatic carbocycles. The van der Waals surface area contributed by atoms with Crippen molar-refractivity contribution in [3.05, 3.63) is 0 Å². The number of phosphoric acid groups is 1. The molecule has 0 radical (unpaired) electrons. The quantitative estimate of drug-likeness (QED) is 0.549. The van der Waals surface area contributed by atoms with E-state index in [-0.39, 0.29) is 6.61 Å². The van der Waals surface area contributed by atoms with Crippen LogP contribution < -0.4 is 0 Å². The molecular weight excluding hydrogens is 205 g/mol. The molecule has 2 N–H and O–H groups in total. The molecule has 0 saturated heterocycles. The molecule has 14 heavy (non-hydrogen) atoms. The van der Waals surface area contributed by atoms with Crippen LogP contribution in [0.15, 0.2) is 0 Å². The third-order valence-corrected chi connectivity index (χ3v) is 1.91. The van der Waals surface area contributed by atoms with Crippen LogP contribution in [0.2, 0.25) is 0 Å². The number of nitrogens with zero attached hydrogens (tertiary/aromatic N) is 1. The van der Waals surface area contributed by atoms with Gasteiger partial charge in [-0.3, -0.25) is 4.52 Å². The Balaban J connectivity index is 0. The molecule has 0 fully saturated rings. The summed E-state index contributed by atoms with van der Waals surface area (Å²) in [5.74, 6) is 0. The largest absolute Gasteiger partial charge is 0.469 e. The SMILES string of the molecule is CCCCOP(=O)(O)O.CCN(C)C. The van der Waals surface area contributed by atoms with Crippen LogP contribution in [0.1, 0.15) is 26.7 Å². The van der Waals surface area contributed by atoms with Crippen molar-refractivity contribution in [1.29, 1.82) is 0 Å². The molecule has 0 saturated carbocycles. The van der Waals surface area contributed by atoms with E-state index in [0.717, 1.165) is 13.0 Å². The summed E-state index contributed by atoms with van der Waals surface area (Å²) in [5, 5.41) is 0. The average Bonchev–Trinajstić information content (AvgIpc) is 2.04. The topological polar surface area (TPSA) is 70.0 Å². The van der Waals surface area contributed by atoms with Crippen molar-refractivity contribution in [1.82, 2.24) is 4.90 Å². The molecule has 0 aliphatic heterocycles. The minimum absolute atomic E-state index is 0.140. The zero-order valence-corrected chi connectivity index (χ0v) is 10.3. The van der Waals surface area contributed by atoms with Gasteiger partial charge in [0.2, 0.25) is 0 Å². The Labute approximate surface area is 86.3 Å². The first-order valence-electron chi connectivity index (χ1n) is 4.68. The summed E-state index contributed by atoms with van der Waals surface area (Å²) >= 11 is 0. The van der Waals surface area contributed by atoms with Gasteiger partial charge in [0.1, 0.15) is 0 Å². The van der Waals surface area contributed by atoms with Gasteiger partial charge in [0.05, 0.1) is 6.61 Å². The lowest BCUT2D eigenvalue weighted by atomic mass is 10.4. The molecule has 0 amide bonds. The summed E-state index contributed by atoms with van der Waals surface area (Å²) in [6, 6.07) is 0. The highest BCUT2D eigenvalue weighted by molar-refractivity contribution is 7.46. The molecule has 0 unspecified atom stereocenters. The normalized spacial score (nSPS) is 11.1. The smallest absolute Gasteiger partial charge is 0.310 e. The second-order valence-corrected chi connectivity index (χ2v) is 4.31. The highest BCUT2D eigenvalue weighted by Gasteiger charge is 2.11. The summed E-state index contributed by atoms with van der Waals surface area (Å²) in [7, 11) is -0.0843. The molecule has 88 valence electrons. The van der Waals surface area contributed by atoms with Gasteiger partial charge >= 0.3 is 7.82 Å². The first-order chi connectivity index (χ1) is 6.33. The molecule has 0 spiro atoms. The third-order valence-electron chi connectivity index (χ3n) is 1.39. The fourth-order valence-corrected chi connectivity index (χ4v) is 0.695. The third kappa shape index (κ3) is 22.7. The molecular formula is C8H22NO4P. The summed E-state index contributed by atoms with van der Waals surface area (Å²) in [6.07, 6.45) is 1.56. The lowest BCUT2D eigenvalue weighted by Crippen LogP contribution is -2.08. The summed E-state index contributed by atoms with van der Waals surface area (Å²) in [4.78, 5) is 18.4. The van der Waals surface area contributed by atoms with Crippen molar-refractivity contribution in [2.24, 2.45) is 0 Å². The van der Waals surface area contributed by atoms with Crippen LogP contribution in [0.25, 0.3) is 0 Å². The van der Waals surface area contributed by atoms with Crippen LogP contribution in [0.4, 0.5) is 0 Å². The molecule has 5 nitrogen and oxygen atoms in total. The van der Waals surface area contributed by atoms with E-state index in [9.17, 15) is 4.57 Å². The van der Waals surface area contributed by atoms with E-state index in [0.29, 0.717) is 6.42 Å². The Morgan fingerprint density at radius 3 is 1.93 bits per heavy atom. The molecule has 0 aromatic carbocycles. The number of hydrogen-bond donors (Lipinski definition) is 2. The number of unbranched alkanes of at least 4 members (excludes halogenated alkanes) is 1. The van der Waals surface area contributed by atoms with Crippen LogP contribution in [0.3, 0.4) is 0 Å². The molecule has 6 heteroatoms. The van der Waals surface area contributed by atoms with Crippen molar-refractivity contribution in [2.75, 3.05) is 27.2 Å². The van der Waals surface area contributed by atoms with Gasteiger partial charge in [-0.05, 0) is 27.1 Å². The second kappa shape index (κ2) is 9.62. The predicted octanol–water partition coefficient (Wildman–Crippen LogP) is 1.46. The van der Waals surface area contributed by atoms with Crippen LogP contribution in [0.5, 0.6) is 0 Å². The van der Waals surface area contributed by atoms with Crippen LogP contribution in [-0.4, -0.2) is 41.9 Å². The Bertz CT molecular complexity index is 157. The lowest BCUT2D eigenvalue weighted by molar-refractivity contribution is 0.194. The van der Waals surface area contributed by atoms with Crippen LogP contribution >= 0.6 is 7.82 Å². The Kier molecular flexibility index (Phi) is 11.3. The van der Waals surface area contributed by atoms with E-state index in [1.165, 1.54) is 0 Å². The minimum atomic E-state index is -4.20. The highest BCUT2D eigenvalue weighted by atomic mass is 31.2. The lowest BCUT2D eigenvalue weighted by Gasteiger charge is -2.02. The van der Waals surface area contributed by atoms with Gasteiger partial charge < -0.3 is 14.7 Å². The van der Waals surface area contributed by atoms with E-state index in [1.54, 1.807) is 0 Å². The Hall–Kier alpha value is 0.0700. The van der Waals surface area contributed by atoms with Crippen molar-refractivity contribution < 1.29 is 18.9 Å². The van der Waals surface area contributed by atoms with Crippen molar-refractivity contribution in [2.45, 2.75) is 26.7 Å². The van der Waals surface area contributed by atoms with Crippen LogP contribution in [-0.2, 0) is 9.09 Å². The molecule has 0 rings (SSSR count). The van der Waals surface area contributed by atoms with E-state index in [2.05, 4.69) is 30.4 Å². The minimum Gasteiger partial charge on any atom is -0.310 e. The van der Waals surface area contributed by atoms with E-state index < -0.39 is 7.82 Å². The molecule has 0 heterocycles. The summed E-state index contributed by atoms with van der Waals surface area (Å²) in [6.45, 7) is 5.32. The molecule has 0 aliphatic rings. The Morgan fingerprint density at radius 2 is 1.71 bits per heavy atom. The number of hydrogen-bond acceptors (Lipinski definition) is 3. The van der Waals surface area contributed by atoms with Gasteiger partial charge in [-0.25, -0.2) is 4.57 Å². The first kappa shape index (κ1) is 16.5. The van der Waals surface area contributed by atoms with Crippen molar-refractivity contribution in [3.8, 4) is 0 Å². The van der Waals surface area contributed by atoms with Crippen LogP contribution in [0, 0.1) is 0 Å². The van der Waals surface area contributed by atoms with Gasteiger partial charge in [-0.15, -0.1) is 0 Å². The van der Waals surface area contributed by atoms with Gasteiger partial charge in [0, 0.05) is 0 Å². The van der Waals surface area contributed by atoms with Gasteiger partial charge in [-0.2, -0.15) is 0 Å². The highest BCUT2D eigenvalue weighted by Crippen LogP contribution is 2.35. The zero-order valence-electron chi connectivity index (χ0n) is 9.43. The average molecular weight is 227 g/mol. The first-order valence-corrected chi connectivity index (χ1v) is 6.21. The van der Waals surface area contributed by atoms with Gasteiger partial charge in [0.15, 0.2) is 0 Å². The monoisotopic (exact) mass is 227 g/mol. The fourth-order valence-electron chi connectivity index (χ4n) is 0.328. The molecule has 0 aromatic rings. The Morgan fingerprint density at radius 1 is 1.29 bits per heavy atom. The summed E-state index contributed by atoms with van der Waals surface area (Å²) in [5.41, 5.74) is 0. The maximum atomic E-state index is 9.98. The standard InChI is InChI=1S/C4H11N.C4H11O4P/c1-4-5(2)3;1-2-3-4-8-9(5,6)7/h4H2,1-3H3;2-4H2,1H3,(H2,5,6,7). The van der Waals surface area contributed by atoms with Gasteiger partial charge in [-0.1, -0.05) is 20.3 Å². The number of rotatable bonds is 5. The zero-order chi connectivity index (χ0) is 11.6. The van der Waals surface area contributed by atoms with Crippen molar-refractivity contribution >= 4 is 7.82 Å². The maximum Gasteiger partial charge on any atom is 0.469 e. The number of phosphoric ester groups is 1. The van der Waals surface area contributed by atoms with Gasteiger partial charge in [0.25, 0.3) is 0 Å². The second-order valence-electron chi connectivity index (χ2n) is 3.07. The molecule has 0 bridgehead atoms.